The molecule has 0 aliphatic rings. The van der Waals surface area contributed by atoms with Crippen LogP contribution in [0, 0.1) is 0 Å². The highest BCUT2D eigenvalue weighted by Gasteiger charge is 2.15. The Hall–Kier alpha value is -1.98. The smallest absolute Gasteiger partial charge is 0.221 e. The summed E-state index contributed by atoms with van der Waals surface area (Å²) in [5.41, 5.74) is 7.19. The van der Waals surface area contributed by atoms with Crippen molar-refractivity contribution in [1.29, 1.82) is 0 Å². The van der Waals surface area contributed by atoms with Gasteiger partial charge in [0, 0.05) is 16.0 Å². The van der Waals surface area contributed by atoms with Crippen molar-refractivity contribution in [2.75, 3.05) is 5.73 Å². The second-order valence-electron chi connectivity index (χ2n) is 4.30. The van der Waals surface area contributed by atoms with Gasteiger partial charge >= 0.3 is 0 Å². The highest BCUT2D eigenvalue weighted by Crippen LogP contribution is 2.35. The van der Waals surface area contributed by atoms with Crippen LogP contribution >= 0.6 is 22.9 Å². The van der Waals surface area contributed by atoms with Gasteiger partial charge in [-0.2, -0.15) is 0 Å². The molecule has 20 heavy (non-hydrogen) atoms. The molecule has 0 aliphatic heterocycles. The molecule has 2 aromatic heterocycles. The number of thiophene rings is 1. The van der Waals surface area contributed by atoms with Crippen LogP contribution in [-0.2, 0) is 0 Å². The molecule has 2 heterocycles. The van der Waals surface area contributed by atoms with Crippen molar-refractivity contribution in [3.63, 3.8) is 0 Å². The van der Waals surface area contributed by atoms with Gasteiger partial charge < -0.3 is 5.73 Å². The molecule has 0 atom stereocenters. The Kier molecular flexibility index (Phi) is 3.16. The number of Topliss-reactive ketones (excluding diaryl/α,β-unsaturated/α-hetero) is 1. The van der Waals surface area contributed by atoms with Crippen LogP contribution in [-0.4, -0.2) is 15.8 Å². The number of halogens is 1. The number of hydrogen-bond donors (Lipinski definition) is 1. The number of nitrogens with two attached hydrogens (primary N) is 1. The summed E-state index contributed by atoms with van der Waals surface area (Å²) >= 11 is 7.53. The van der Waals surface area contributed by atoms with Crippen molar-refractivity contribution in [3.8, 4) is 11.3 Å². The molecule has 0 unspecified atom stereocenters. The third kappa shape index (κ3) is 2.15. The number of anilines is 1. The lowest BCUT2D eigenvalue weighted by Gasteiger charge is -2.05. The van der Waals surface area contributed by atoms with Crippen molar-refractivity contribution in [3.05, 3.63) is 40.2 Å². The van der Waals surface area contributed by atoms with Crippen molar-refractivity contribution in [2.45, 2.75) is 6.92 Å². The topological polar surface area (TPSA) is 68.9 Å². The molecule has 0 saturated heterocycles. The van der Waals surface area contributed by atoms with Gasteiger partial charge in [0.25, 0.3) is 0 Å². The van der Waals surface area contributed by atoms with Crippen LogP contribution < -0.4 is 5.73 Å². The van der Waals surface area contributed by atoms with E-state index in [1.54, 1.807) is 12.1 Å². The van der Waals surface area contributed by atoms with E-state index in [0.717, 1.165) is 10.9 Å². The summed E-state index contributed by atoms with van der Waals surface area (Å²) in [5, 5.41) is 1.38. The van der Waals surface area contributed by atoms with Gasteiger partial charge in [-0.05, 0) is 19.1 Å². The number of ketones is 1. The molecule has 0 saturated carbocycles. The van der Waals surface area contributed by atoms with Gasteiger partial charge in [0.2, 0.25) is 5.95 Å². The number of fused-ring (bicyclic) bond motifs is 1. The number of nitrogens with zero attached hydrogens (tertiary/aromatic N) is 2. The standard InChI is InChI=1S/C14H10ClN3OS/c1-7(19)11-6-9-12(8-4-2-3-5-10(8)15)17-14(16)18-13(9)20-11/h2-6H,1H3,(H2,16,17,18). The van der Waals surface area contributed by atoms with Crippen LogP contribution in [0.25, 0.3) is 21.5 Å². The SMILES string of the molecule is CC(=O)c1cc2c(-c3ccccc3Cl)nc(N)nc2s1. The predicted octanol–water partition coefficient (Wildman–Crippen LogP) is 3.80. The van der Waals surface area contributed by atoms with Crippen molar-refractivity contribution in [2.24, 2.45) is 0 Å². The molecule has 100 valence electrons. The molecule has 3 rings (SSSR count). The number of rotatable bonds is 2. The Bertz CT molecular complexity index is 828. The van der Waals surface area contributed by atoms with Gasteiger partial charge in [0.05, 0.1) is 10.6 Å². The maximum absolute atomic E-state index is 11.5. The minimum Gasteiger partial charge on any atom is -0.368 e. The molecule has 0 bridgehead atoms. The fraction of sp³-hybridized carbons (Fsp3) is 0.0714. The number of benzene rings is 1. The van der Waals surface area contributed by atoms with E-state index >= 15 is 0 Å². The van der Waals surface area contributed by atoms with Crippen LogP contribution in [0.1, 0.15) is 16.6 Å². The van der Waals surface area contributed by atoms with Gasteiger partial charge in [0.1, 0.15) is 4.83 Å². The van der Waals surface area contributed by atoms with Crippen LogP contribution in [0.5, 0.6) is 0 Å². The van der Waals surface area contributed by atoms with Crippen molar-refractivity contribution >= 4 is 44.9 Å². The van der Waals surface area contributed by atoms with E-state index in [0.29, 0.717) is 20.4 Å². The minimum absolute atomic E-state index is 0.00307. The van der Waals surface area contributed by atoms with E-state index in [9.17, 15) is 4.79 Å². The minimum atomic E-state index is -0.00307. The maximum Gasteiger partial charge on any atom is 0.221 e. The summed E-state index contributed by atoms with van der Waals surface area (Å²) in [4.78, 5) is 21.3. The Morgan fingerprint density at radius 2 is 2.05 bits per heavy atom. The number of nitrogen functional groups attached to an aromatic ring is 1. The Balaban J connectivity index is 2.35. The zero-order valence-electron chi connectivity index (χ0n) is 10.6. The van der Waals surface area contributed by atoms with Gasteiger partial charge in [-0.3, -0.25) is 4.79 Å². The molecular formula is C14H10ClN3OS. The molecule has 4 nitrogen and oxygen atoms in total. The molecule has 2 N–H and O–H groups in total. The van der Waals surface area contributed by atoms with Gasteiger partial charge in [-0.15, -0.1) is 11.3 Å². The first-order valence-electron chi connectivity index (χ1n) is 5.89. The van der Waals surface area contributed by atoms with Crippen LogP contribution in [0.4, 0.5) is 5.95 Å². The normalized spacial score (nSPS) is 10.9. The number of carbonyl (C=O) groups is 1. The Morgan fingerprint density at radius 3 is 2.75 bits per heavy atom. The quantitative estimate of drug-likeness (QED) is 0.731. The first-order chi connectivity index (χ1) is 9.56. The molecule has 3 aromatic rings. The van der Waals surface area contributed by atoms with Crippen LogP contribution in [0.2, 0.25) is 5.02 Å². The average Bonchev–Trinajstić information content (AvgIpc) is 2.82. The van der Waals surface area contributed by atoms with E-state index < -0.39 is 0 Å². The van der Waals surface area contributed by atoms with E-state index in [-0.39, 0.29) is 11.7 Å². The monoisotopic (exact) mass is 303 g/mol. The lowest BCUT2D eigenvalue weighted by atomic mass is 10.1. The highest BCUT2D eigenvalue weighted by molar-refractivity contribution is 7.20. The number of aromatic nitrogens is 2. The van der Waals surface area contributed by atoms with E-state index in [1.165, 1.54) is 18.3 Å². The summed E-state index contributed by atoms with van der Waals surface area (Å²) in [5.74, 6) is 0.168. The molecule has 0 radical (unpaired) electrons. The lowest BCUT2D eigenvalue weighted by molar-refractivity contribution is 0.102. The lowest BCUT2D eigenvalue weighted by Crippen LogP contribution is -1.96. The zero-order valence-corrected chi connectivity index (χ0v) is 12.1. The second-order valence-corrected chi connectivity index (χ2v) is 5.73. The summed E-state index contributed by atoms with van der Waals surface area (Å²) in [6.07, 6.45) is 0. The predicted molar refractivity (Wildman–Crippen MR) is 82.3 cm³/mol. The first kappa shape index (κ1) is 13.0. The first-order valence-corrected chi connectivity index (χ1v) is 7.08. The van der Waals surface area contributed by atoms with Gasteiger partial charge in [0.15, 0.2) is 5.78 Å². The van der Waals surface area contributed by atoms with Gasteiger partial charge in [-0.1, -0.05) is 29.8 Å². The van der Waals surface area contributed by atoms with Crippen LogP contribution in [0.3, 0.4) is 0 Å². The zero-order chi connectivity index (χ0) is 14.3. The molecular weight excluding hydrogens is 294 g/mol. The van der Waals surface area contributed by atoms with Gasteiger partial charge in [-0.25, -0.2) is 9.97 Å². The van der Waals surface area contributed by atoms with E-state index in [2.05, 4.69) is 9.97 Å². The third-order valence-electron chi connectivity index (χ3n) is 2.89. The molecule has 0 fully saturated rings. The Labute approximate surface area is 124 Å². The third-order valence-corrected chi connectivity index (χ3v) is 4.35. The molecule has 6 heteroatoms. The van der Waals surface area contributed by atoms with Crippen molar-refractivity contribution < 1.29 is 4.79 Å². The highest BCUT2D eigenvalue weighted by atomic mass is 35.5. The number of carbonyl (C=O) groups excluding carboxylic acids is 1. The van der Waals surface area contributed by atoms with E-state index in [4.69, 9.17) is 17.3 Å². The molecule has 0 aliphatic carbocycles. The molecule has 0 spiro atoms. The number of hydrogen-bond acceptors (Lipinski definition) is 5. The summed E-state index contributed by atoms with van der Waals surface area (Å²) in [6.45, 7) is 1.52. The fourth-order valence-corrected chi connectivity index (χ4v) is 3.13. The molecule has 0 amide bonds. The fourth-order valence-electron chi connectivity index (χ4n) is 1.97. The summed E-state index contributed by atoms with van der Waals surface area (Å²) < 4.78 is 0. The average molecular weight is 304 g/mol. The summed E-state index contributed by atoms with van der Waals surface area (Å²) in [7, 11) is 0. The second kappa shape index (κ2) is 4.85. The Morgan fingerprint density at radius 1 is 1.30 bits per heavy atom. The summed E-state index contributed by atoms with van der Waals surface area (Å²) in [6, 6.07) is 9.18. The largest absolute Gasteiger partial charge is 0.368 e. The molecule has 1 aromatic carbocycles. The van der Waals surface area contributed by atoms with Crippen LogP contribution in [0.15, 0.2) is 30.3 Å². The van der Waals surface area contributed by atoms with Crippen molar-refractivity contribution in [1.82, 2.24) is 9.97 Å². The maximum atomic E-state index is 11.5. The van der Waals surface area contributed by atoms with E-state index in [1.807, 2.05) is 18.2 Å².